The molecule has 1 heterocycles. The predicted octanol–water partition coefficient (Wildman–Crippen LogP) is 0.173. The quantitative estimate of drug-likeness (QED) is 0.635. The minimum Gasteiger partial charge on any atom is -0.395 e. The fourth-order valence-corrected chi connectivity index (χ4v) is 1.57. The first-order valence-corrected chi connectivity index (χ1v) is 4.45. The molecule has 1 saturated heterocycles. The molecule has 1 rings (SSSR count). The Labute approximate surface area is 72.6 Å². The second-order valence-corrected chi connectivity index (χ2v) is 3.05. The molecule has 0 saturated carbocycles. The summed E-state index contributed by atoms with van der Waals surface area (Å²) in [6.07, 6.45) is 2.08. The highest BCUT2D eigenvalue weighted by Crippen LogP contribution is 2.11. The maximum Gasteiger partial charge on any atom is 0.317 e. The van der Waals surface area contributed by atoms with Gasteiger partial charge in [-0.3, -0.25) is 0 Å². The van der Waals surface area contributed by atoms with Gasteiger partial charge in [0.2, 0.25) is 0 Å². The van der Waals surface area contributed by atoms with Gasteiger partial charge in [0.15, 0.2) is 0 Å². The number of urea groups is 1. The number of rotatable bonds is 4. The Hall–Kier alpha value is -0.770. The Kier molecular flexibility index (Phi) is 3.34. The van der Waals surface area contributed by atoms with E-state index in [-0.39, 0.29) is 18.7 Å². The number of aliphatic hydroxyl groups excluding tert-OH is 1. The van der Waals surface area contributed by atoms with Crippen molar-refractivity contribution in [2.45, 2.75) is 25.8 Å². The molecule has 0 aromatic carbocycles. The van der Waals surface area contributed by atoms with Crippen LogP contribution in [0.3, 0.4) is 0 Å². The average Bonchev–Trinajstić information content (AvgIpc) is 2.37. The Morgan fingerprint density at radius 1 is 1.75 bits per heavy atom. The molecule has 0 spiro atoms. The highest BCUT2D eigenvalue weighted by molar-refractivity contribution is 5.76. The van der Waals surface area contributed by atoms with E-state index in [4.69, 9.17) is 5.11 Å². The van der Waals surface area contributed by atoms with Crippen LogP contribution < -0.4 is 5.32 Å². The number of carbonyl (C=O) groups is 1. The van der Waals surface area contributed by atoms with Crippen molar-refractivity contribution in [1.29, 1.82) is 0 Å². The summed E-state index contributed by atoms with van der Waals surface area (Å²) >= 11 is 0. The first kappa shape index (κ1) is 9.32. The normalized spacial score (nSPS) is 23.0. The molecule has 2 N–H and O–H groups in total. The van der Waals surface area contributed by atoms with Crippen molar-refractivity contribution in [3.05, 3.63) is 0 Å². The van der Waals surface area contributed by atoms with Gasteiger partial charge < -0.3 is 15.3 Å². The molecule has 0 aromatic rings. The maximum absolute atomic E-state index is 11.2. The number of aliphatic hydroxyl groups is 1. The second-order valence-electron chi connectivity index (χ2n) is 3.05. The number of amides is 2. The van der Waals surface area contributed by atoms with Crippen molar-refractivity contribution in [2.75, 3.05) is 19.7 Å². The summed E-state index contributed by atoms with van der Waals surface area (Å²) in [6, 6.07) is 0.247. The summed E-state index contributed by atoms with van der Waals surface area (Å²) < 4.78 is 0. The van der Waals surface area contributed by atoms with Crippen LogP contribution in [0.1, 0.15) is 19.8 Å². The number of carbonyl (C=O) groups excluding carboxylic acids is 1. The van der Waals surface area contributed by atoms with Crippen LogP contribution in [0.2, 0.25) is 0 Å². The molecular weight excluding hydrogens is 156 g/mol. The van der Waals surface area contributed by atoms with Gasteiger partial charge in [-0.25, -0.2) is 4.79 Å². The summed E-state index contributed by atoms with van der Waals surface area (Å²) in [7, 11) is 0. The van der Waals surface area contributed by atoms with Crippen LogP contribution in [-0.4, -0.2) is 41.8 Å². The Morgan fingerprint density at radius 3 is 3.08 bits per heavy atom. The van der Waals surface area contributed by atoms with E-state index in [0.29, 0.717) is 6.54 Å². The van der Waals surface area contributed by atoms with Gasteiger partial charge in [-0.15, -0.1) is 0 Å². The molecule has 4 nitrogen and oxygen atoms in total. The van der Waals surface area contributed by atoms with Crippen LogP contribution in [0.25, 0.3) is 0 Å². The number of β-amino-alcohol motifs (C(OH)–C–C–N with tert-alkyl or cyclic N) is 1. The highest BCUT2D eigenvalue weighted by Gasteiger charge is 2.28. The molecule has 4 heteroatoms. The highest BCUT2D eigenvalue weighted by atomic mass is 16.3. The molecule has 1 unspecified atom stereocenters. The zero-order valence-electron chi connectivity index (χ0n) is 7.42. The maximum atomic E-state index is 11.2. The SMILES string of the molecule is CCCC1CNC(=O)N1CCO. The van der Waals surface area contributed by atoms with Gasteiger partial charge in [-0.05, 0) is 6.42 Å². The van der Waals surface area contributed by atoms with Gasteiger partial charge in [0, 0.05) is 13.1 Å². The molecule has 0 aromatic heterocycles. The number of nitrogens with zero attached hydrogens (tertiary/aromatic N) is 1. The Balaban J connectivity index is 2.45. The van der Waals surface area contributed by atoms with Crippen molar-refractivity contribution in [1.82, 2.24) is 10.2 Å². The molecular formula is C8H16N2O2. The Bertz CT molecular complexity index is 161. The van der Waals surface area contributed by atoms with E-state index >= 15 is 0 Å². The summed E-state index contributed by atoms with van der Waals surface area (Å²) in [6.45, 7) is 3.33. The van der Waals surface area contributed by atoms with E-state index in [0.717, 1.165) is 19.4 Å². The van der Waals surface area contributed by atoms with Crippen molar-refractivity contribution >= 4 is 6.03 Å². The smallest absolute Gasteiger partial charge is 0.317 e. The van der Waals surface area contributed by atoms with Gasteiger partial charge in [-0.1, -0.05) is 13.3 Å². The zero-order valence-corrected chi connectivity index (χ0v) is 7.42. The molecule has 0 aliphatic carbocycles. The van der Waals surface area contributed by atoms with E-state index in [2.05, 4.69) is 12.2 Å². The average molecular weight is 172 g/mol. The molecule has 0 bridgehead atoms. The van der Waals surface area contributed by atoms with E-state index in [1.54, 1.807) is 4.90 Å². The van der Waals surface area contributed by atoms with E-state index in [1.165, 1.54) is 0 Å². The van der Waals surface area contributed by atoms with Crippen LogP contribution in [0, 0.1) is 0 Å². The van der Waals surface area contributed by atoms with Gasteiger partial charge in [0.25, 0.3) is 0 Å². The Morgan fingerprint density at radius 2 is 2.50 bits per heavy atom. The lowest BCUT2D eigenvalue weighted by atomic mass is 10.1. The first-order chi connectivity index (χ1) is 5.79. The topological polar surface area (TPSA) is 52.6 Å². The van der Waals surface area contributed by atoms with Crippen molar-refractivity contribution in [3.63, 3.8) is 0 Å². The lowest BCUT2D eigenvalue weighted by molar-refractivity contribution is 0.176. The van der Waals surface area contributed by atoms with Gasteiger partial charge >= 0.3 is 6.03 Å². The monoisotopic (exact) mass is 172 g/mol. The third-order valence-corrected chi connectivity index (χ3v) is 2.15. The van der Waals surface area contributed by atoms with Crippen molar-refractivity contribution in [3.8, 4) is 0 Å². The zero-order chi connectivity index (χ0) is 8.97. The van der Waals surface area contributed by atoms with Gasteiger partial charge in [-0.2, -0.15) is 0 Å². The van der Waals surface area contributed by atoms with Gasteiger partial charge in [0.1, 0.15) is 0 Å². The number of hydrogen-bond donors (Lipinski definition) is 2. The van der Waals surface area contributed by atoms with Crippen LogP contribution in [0.15, 0.2) is 0 Å². The number of nitrogens with one attached hydrogen (secondary N) is 1. The van der Waals surface area contributed by atoms with E-state index in [1.807, 2.05) is 0 Å². The third-order valence-electron chi connectivity index (χ3n) is 2.15. The molecule has 1 aliphatic rings. The summed E-state index contributed by atoms with van der Waals surface area (Å²) in [4.78, 5) is 12.9. The minimum atomic E-state index is -0.0394. The minimum absolute atomic E-state index is 0.0394. The van der Waals surface area contributed by atoms with Crippen LogP contribution in [-0.2, 0) is 0 Å². The molecule has 1 fully saturated rings. The van der Waals surface area contributed by atoms with Crippen molar-refractivity contribution in [2.24, 2.45) is 0 Å². The predicted molar refractivity (Wildman–Crippen MR) is 45.9 cm³/mol. The van der Waals surface area contributed by atoms with E-state index in [9.17, 15) is 4.79 Å². The standard InChI is InChI=1S/C8H16N2O2/c1-2-3-7-6-9-8(12)10(7)4-5-11/h7,11H,2-6H2,1H3,(H,9,12). The van der Waals surface area contributed by atoms with Crippen LogP contribution in [0.5, 0.6) is 0 Å². The summed E-state index contributed by atoms with van der Waals surface area (Å²) in [5.74, 6) is 0. The summed E-state index contributed by atoms with van der Waals surface area (Å²) in [5, 5.41) is 11.5. The first-order valence-electron chi connectivity index (χ1n) is 4.45. The molecule has 70 valence electrons. The number of hydrogen-bond acceptors (Lipinski definition) is 2. The largest absolute Gasteiger partial charge is 0.395 e. The second kappa shape index (κ2) is 4.30. The molecule has 12 heavy (non-hydrogen) atoms. The van der Waals surface area contributed by atoms with Crippen molar-refractivity contribution < 1.29 is 9.90 Å². The van der Waals surface area contributed by atoms with Crippen LogP contribution >= 0.6 is 0 Å². The summed E-state index contributed by atoms with van der Waals surface area (Å²) in [5.41, 5.74) is 0. The van der Waals surface area contributed by atoms with Crippen LogP contribution in [0.4, 0.5) is 4.79 Å². The molecule has 1 atom stereocenters. The van der Waals surface area contributed by atoms with Gasteiger partial charge in [0.05, 0.1) is 12.6 Å². The fraction of sp³-hybridized carbons (Fsp3) is 0.875. The molecule has 1 aliphatic heterocycles. The molecule has 0 radical (unpaired) electrons. The van der Waals surface area contributed by atoms with E-state index < -0.39 is 0 Å². The lowest BCUT2D eigenvalue weighted by Crippen LogP contribution is -2.36. The third kappa shape index (κ3) is 1.88. The fourth-order valence-electron chi connectivity index (χ4n) is 1.57. The lowest BCUT2D eigenvalue weighted by Gasteiger charge is -2.21. The molecule has 2 amide bonds.